The van der Waals surface area contributed by atoms with E-state index < -0.39 is 13.7 Å². The van der Waals surface area contributed by atoms with Crippen LogP contribution in [0, 0.1) is 0 Å². The summed E-state index contributed by atoms with van der Waals surface area (Å²) in [6.07, 6.45) is 0.132. The summed E-state index contributed by atoms with van der Waals surface area (Å²) in [7, 11) is -5.77. The average molecular weight is 222 g/mol. The summed E-state index contributed by atoms with van der Waals surface area (Å²) in [6.45, 7) is 0.455. The van der Waals surface area contributed by atoms with Crippen LogP contribution in [-0.2, 0) is 6.42 Å². The Hall–Kier alpha value is -0.560. The van der Waals surface area contributed by atoms with E-state index in [2.05, 4.69) is 0 Å². The van der Waals surface area contributed by atoms with Gasteiger partial charge in [-0.15, -0.1) is 0 Å². The molecular formula is C10H14F3P. The van der Waals surface area contributed by atoms with E-state index >= 15 is 0 Å². The third-order valence-electron chi connectivity index (χ3n) is 1.94. The minimum absolute atomic E-state index is 0.210. The first-order chi connectivity index (χ1) is 6.33. The van der Waals surface area contributed by atoms with Gasteiger partial charge in [0.15, 0.2) is 0 Å². The second-order valence-corrected chi connectivity index (χ2v) is 6.88. The molecule has 0 N–H and O–H groups in total. The number of hydrogen-bond acceptors (Lipinski definition) is 0. The van der Waals surface area contributed by atoms with E-state index in [1.807, 2.05) is 30.3 Å². The first kappa shape index (κ1) is 11.5. The molecule has 1 aromatic rings. The van der Waals surface area contributed by atoms with Gasteiger partial charge in [-0.3, -0.25) is 0 Å². The van der Waals surface area contributed by atoms with Crippen LogP contribution >= 0.6 is 7.54 Å². The second-order valence-electron chi connectivity index (χ2n) is 3.69. The zero-order valence-electron chi connectivity index (χ0n) is 8.09. The summed E-state index contributed by atoms with van der Waals surface area (Å²) in [6, 6.07) is 9.28. The molecular weight excluding hydrogens is 208 g/mol. The van der Waals surface area contributed by atoms with E-state index in [4.69, 9.17) is 0 Å². The van der Waals surface area contributed by atoms with Crippen molar-refractivity contribution in [3.8, 4) is 0 Å². The fourth-order valence-electron chi connectivity index (χ4n) is 1.27. The maximum atomic E-state index is 12.6. The number of aryl methyl sites for hydroxylation is 1. The Morgan fingerprint density at radius 2 is 1.64 bits per heavy atom. The fraction of sp³-hybridized carbons (Fsp3) is 0.400. The number of halogens is 3. The van der Waals surface area contributed by atoms with Crippen LogP contribution < -0.4 is 0 Å². The summed E-state index contributed by atoms with van der Waals surface area (Å²) in [5.74, 6) is 0. The van der Waals surface area contributed by atoms with Crippen LogP contribution in [0.5, 0.6) is 0 Å². The molecule has 0 amide bonds. The Balaban J connectivity index is 2.37. The molecule has 0 aromatic heterocycles. The van der Waals surface area contributed by atoms with Crippen molar-refractivity contribution in [3.05, 3.63) is 35.9 Å². The van der Waals surface area contributed by atoms with Crippen molar-refractivity contribution in [3.63, 3.8) is 0 Å². The molecule has 0 aliphatic rings. The van der Waals surface area contributed by atoms with Crippen molar-refractivity contribution in [2.45, 2.75) is 12.8 Å². The van der Waals surface area contributed by atoms with Crippen molar-refractivity contribution in [1.29, 1.82) is 0 Å². The van der Waals surface area contributed by atoms with Crippen molar-refractivity contribution in [2.24, 2.45) is 0 Å². The van der Waals surface area contributed by atoms with Crippen LogP contribution in [0.2, 0.25) is 0 Å². The first-order valence-electron chi connectivity index (χ1n) is 4.53. The van der Waals surface area contributed by atoms with Crippen LogP contribution in [-0.4, -0.2) is 12.8 Å². The van der Waals surface area contributed by atoms with Crippen LogP contribution in [0.4, 0.5) is 12.6 Å². The maximum absolute atomic E-state index is 12.6. The molecule has 0 fully saturated rings. The molecule has 0 heterocycles. The molecule has 1 rings (SSSR count). The second kappa shape index (κ2) is 3.90. The van der Waals surface area contributed by atoms with Crippen molar-refractivity contribution in [1.82, 2.24) is 0 Å². The molecule has 1 aromatic carbocycles. The van der Waals surface area contributed by atoms with Gasteiger partial charge < -0.3 is 0 Å². The van der Waals surface area contributed by atoms with E-state index in [1.165, 1.54) is 0 Å². The molecule has 80 valence electrons. The van der Waals surface area contributed by atoms with Gasteiger partial charge >= 0.3 is 81.7 Å². The standard InChI is InChI=1S/C10H14F3P/c1-14(11,12,13)9-5-8-10-6-3-2-4-7-10/h2-4,6-7H,5,8-9H2,1H3. The quantitative estimate of drug-likeness (QED) is 0.660. The van der Waals surface area contributed by atoms with Crippen LogP contribution in [0.1, 0.15) is 12.0 Å². The molecule has 14 heavy (non-hydrogen) atoms. The van der Waals surface area contributed by atoms with Crippen molar-refractivity contribution in [2.75, 3.05) is 12.8 Å². The van der Waals surface area contributed by atoms with Gasteiger partial charge in [-0.1, -0.05) is 0 Å². The summed E-state index contributed by atoms with van der Waals surface area (Å²) in [5, 5.41) is 0. The third kappa shape index (κ3) is 5.23. The normalized spacial score (nSPS) is 14.7. The molecule has 0 aliphatic carbocycles. The van der Waals surface area contributed by atoms with Gasteiger partial charge in [-0.05, 0) is 0 Å². The Labute approximate surface area is 82.4 Å². The molecule has 0 spiro atoms. The van der Waals surface area contributed by atoms with Gasteiger partial charge in [0.25, 0.3) is 0 Å². The molecule has 0 saturated carbocycles. The van der Waals surface area contributed by atoms with Crippen LogP contribution in [0.15, 0.2) is 30.3 Å². The van der Waals surface area contributed by atoms with E-state index in [1.54, 1.807) is 0 Å². The predicted octanol–water partition coefficient (Wildman–Crippen LogP) is 4.46. The van der Waals surface area contributed by atoms with E-state index in [9.17, 15) is 12.6 Å². The molecule has 0 nitrogen and oxygen atoms in total. The molecule has 0 bridgehead atoms. The van der Waals surface area contributed by atoms with Gasteiger partial charge in [-0.25, -0.2) is 0 Å². The van der Waals surface area contributed by atoms with E-state index in [0.717, 1.165) is 5.56 Å². The monoisotopic (exact) mass is 222 g/mol. The summed E-state index contributed by atoms with van der Waals surface area (Å²) in [4.78, 5) is 0. The molecule has 0 saturated heterocycles. The predicted molar refractivity (Wildman–Crippen MR) is 55.8 cm³/mol. The van der Waals surface area contributed by atoms with Crippen molar-refractivity contribution < 1.29 is 12.6 Å². The molecule has 4 heteroatoms. The van der Waals surface area contributed by atoms with E-state index in [-0.39, 0.29) is 6.42 Å². The van der Waals surface area contributed by atoms with Gasteiger partial charge in [0.2, 0.25) is 0 Å². The van der Waals surface area contributed by atoms with Crippen molar-refractivity contribution >= 4 is 7.54 Å². The van der Waals surface area contributed by atoms with Crippen LogP contribution in [0.25, 0.3) is 0 Å². The van der Waals surface area contributed by atoms with Crippen LogP contribution in [0.3, 0.4) is 0 Å². The Morgan fingerprint density at radius 3 is 2.14 bits per heavy atom. The Bertz CT molecular complexity index is 280. The first-order valence-corrected chi connectivity index (χ1v) is 7.08. The molecule has 0 radical (unpaired) electrons. The summed E-state index contributed by atoms with van der Waals surface area (Å²) < 4.78 is 37.7. The zero-order chi connectivity index (χ0) is 10.7. The van der Waals surface area contributed by atoms with Gasteiger partial charge in [0.1, 0.15) is 0 Å². The molecule has 0 aliphatic heterocycles. The summed E-state index contributed by atoms with van der Waals surface area (Å²) >= 11 is 0. The van der Waals surface area contributed by atoms with Gasteiger partial charge in [0.05, 0.1) is 0 Å². The molecule has 0 atom stereocenters. The SMILES string of the molecule is CP(F)(F)(F)CCCc1ccccc1. The van der Waals surface area contributed by atoms with Gasteiger partial charge in [0, 0.05) is 0 Å². The average Bonchev–Trinajstić information content (AvgIpc) is 2.02. The zero-order valence-corrected chi connectivity index (χ0v) is 8.98. The Kier molecular flexibility index (Phi) is 3.20. The number of rotatable bonds is 4. The topological polar surface area (TPSA) is 0 Å². The third-order valence-corrected chi connectivity index (χ3v) is 3.21. The number of benzene rings is 1. The fourth-order valence-corrected chi connectivity index (χ4v) is 2.10. The Morgan fingerprint density at radius 1 is 1.07 bits per heavy atom. The number of hydrogen-bond donors (Lipinski definition) is 0. The molecule has 0 unspecified atom stereocenters. The summed E-state index contributed by atoms with van der Waals surface area (Å²) in [5.41, 5.74) is 0.980. The minimum atomic E-state index is -5.77. The van der Waals surface area contributed by atoms with E-state index in [0.29, 0.717) is 13.1 Å². The van der Waals surface area contributed by atoms with Gasteiger partial charge in [-0.2, -0.15) is 0 Å².